The van der Waals surface area contributed by atoms with Gasteiger partial charge in [0.15, 0.2) is 0 Å². The van der Waals surface area contributed by atoms with Gasteiger partial charge in [-0.25, -0.2) is 4.79 Å². The third-order valence-corrected chi connectivity index (χ3v) is 5.25. The van der Waals surface area contributed by atoms with E-state index in [0.29, 0.717) is 0 Å². The van der Waals surface area contributed by atoms with Gasteiger partial charge in [-0.2, -0.15) is 0 Å². The maximum atomic E-state index is 12.3. The zero-order chi connectivity index (χ0) is 18.4. The van der Waals surface area contributed by atoms with Crippen LogP contribution in [0.25, 0.3) is 0 Å². The van der Waals surface area contributed by atoms with Crippen LogP contribution in [0.2, 0.25) is 0 Å². The Morgan fingerprint density at radius 1 is 1.24 bits per heavy atom. The van der Waals surface area contributed by atoms with E-state index in [1.807, 2.05) is 27.7 Å². The second-order valence-electron chi connectivity index (χ2n) is 7.58. The van der Waals surface area contributed by atoms with Gasteiger partial charge in [0, 0.05) is 43.1 Å². The fourth-order valence-corrected chi connectivity index (χ4v) is 3.55. The van der Waals surface area contributed by atoms with E-state index < -0.39 is 6.03 Å². The molecule has 2 heterocycles. The second kappa shape index (κ2) is 8.78. The molecular weight excluding hydrogens is 336 g/mol. The van der Waals surface area contributed by atoms with E-state index in [0.717, 1.165) is 39.1 Å². The van der Waals surface area contributed by atoms with Crippen LogP contribution >= 0.6 is 11.3 Å². The zero-order valence-electron chi connectivity index (χ0n) is 15.7. The Morgan fingerprint density at radius 2 is 1.92 bits per heavy atom. The number of imide groups is 1. The fraction of sp³-hybridized carbons (Fsp3) is 0.667. The van der Waals surface area contributed by atoms with E-state index in [-0.39, 0.29) is 17.5 Å². The Balaban J connectivity index is 1.71. The molecule has 0 radical (unpaired) electrons. The maximum Gasteiger partial charge on any atom is 0.321 e. The van der Waals surface area contributed by atoms with E-state index in [1.165, 1.54) is 4.88 Å². The lowest BCUT2D eigenvalue weighted by atomic mass is 10.1. The van der Waals surface area contributed by atoms with E-state index in [4.69, 9.17) is 0 Å². The predicted molar refractivity (Wildman–Crippen MR) is 102 cm³/mol. The van der Waals surface area contributed by atoms with E-state index >= 15 is 0 Å². The Morgan fingerprint density at radius 3 is 2.48 bits per heavy atom. The Bertz CT molecular complexity index is 560. The van der Waals surface area contributed by atoms with Crippen molar-refractivity contribution in [2.45, 2.75) is 45.7 Å². The van der Waals surface area contributed by atoms with Crippen molar-refractivity contribution in [3.63, 3.8) is 0 Å². The number of hydrogen-bond donors (Lipinski definition) is 2. The average molecular weight is 367 g/mol. The Labute approximate surface area is 154 Å². The summed E-state index contributed by atoms with van der Waals surface area (Å²) >= 11 is 1.80. The lowest BCUT2D eigenvalue weighted by Gasteiger charge is -2.37. The molecule has 1 aromatic rings. The van der Waals surface area contributed by atoms with E-state index in [2.05, 4.69) is 37.9 Å². The van der Waals surface area contributed by atoms with Gasteiger partial charge in [0.2, 0.25) is 5.91 Å². The summed E-state index contributed by atoms with van der Waals surface area (Å²) in [6.07, 6.45) is 1.08. The highest BCUT2D eigenvalue weighted by atomic mass is 32.1. The molecule has 1 saturated heterocycles. The first kappa shape index (κ1) is 19.9. The first-order valence-electron chi connectivity index (χ1n) is 8.86. The summed E-state index contributed by atoms with van der Waals surface area (Å²) in [6.45, 7) is 12.2. The molecule has 1 fully saturated rings. The normalized spacial score (nSPS) is 17.9. The largest absolute Gasteiger partial charge is 0.333 e. The number of urea groups is 1. The molecule has 7 heteroatoms. The molecule has 0 unspecified atom stereocenters. The SMILES string of the molecule is C[C@@H](C(=O)NC(=O)NC(C)(C)C)N1CCN(CCc2cccs2)CC1. The standard InChI is InChI=1S/C18H30N4O2S/c1-14(16(23)19-17(24)20-18(2,3)4)22-11-9-21(10-12-22)8-7-15-6-5-13-25-15/h5-6,13-14H,7-12H2,1-4H3,(H2,19,20,23,24)/t14-/m0/s1. The predicted octanol–water partition coefficient (Wildman–Crippen LogP) is 1.92. The number of nitrogens with zero attached hydrogens (tertiary/aromatic N) is 2. The number of amides is 3. The summed E-state index contributed by atoms with van der Waals surface area (Å²) in [5, 5.41) is 7.31. The van der Waals surface area contributed by atoms with Crippen LogP contribution in [0, 0.1) is 0 Å². The molecular formula is C18H30N4O2S. The number of carbonyl (C=O) groups excluding carboxylic acids is 2. The third kappa shape index (κ3) is 6.76. The Hall–Kier alpha value is -1.44. The quantitative estimate of drug-likeness (QED) is 0.836. The van der Waals surface area contributed by atoms with Crippen LogP contribution in [-0.4, -0.2) is 66.0 Å². The van der Waals surface area contributed by atoms with Gasteiger partial charge >= 0.3 is 6.03 Å². The van der Waals surface area contributed by atoms with Crippen molar-refractivity contribution in [2.75, 3.05) is 32.7 Å². The maximum absolute atomic E-state index is 12.3. The molecule has 0 aliphatic carbocycles. The molecule has 2 N–H and O–H groups in total. The average Bonchev–Trinajstić information content (AvgIpc) is 3.04. The van der Waals surface area contributed by atoms with Crippen molar-refractivity contribution in [3.8, 4) is 0 Å². The van der Waals surface area contributed by atoms with Gasteiger partial charge in [-0.3, -0.25) is 15.0 Å². The minimum absolute atomic E-state index is 0.242. The zero-order valence-corrected chi connectivity index (χ0v) is 16.5. The van der Waals surface area contributed by atoms with Crippen LogP contribution in [-0.2, 0) is 11.2 Å². The van der Waals surface area contributed by atoms with Crippen LogP contribution in [0.15, 0.2) is 17.5 Å². The van der Waals surface area contributed by atoms with Crippen molar-refractivity contribution in [3.05, 3.63) is 22.4 Å². The van der Waals surface area contributed by atoms with Crippen LogP contribution in [0.1, 0.15) is 32.6 Å². The third-order valence-electron chi connectivity index (χ3n) is 4.31. The molecule has 0 spiro atoms. The number of carbonyl (C=O) groups is 2. The summed E-state index contributed by atoms with van der Waals surface area (Å²) in [4.78, 5) is 30.1. The van der Waals surface area contributed by atoms with Gasteiger partial charge < -0.3 is 10.2 Å². The molecule has 0 saturated carbocycles. The highest BCUT2D eigenvalue weighted by molar-refractivity contribution is 7.09. The van der Waals surface area contributed by atoms with Gasteiger partial charge in [0.25, 0.3) is 0 Å². The van der Waals surface area contributed by atoms with Crippen molar-refractivity contribution in [1.29, 1.82) is 0 Å². The van der Waals surface area contributed by atoms with Gasteiger partial charge in [0.05, 0.1) is 6.04 Å². The molecule has 1 aromatic heterocycles. The van der Waals surface area contributed by atoms with E-state index in [9.17, 15) is 9.59 Å². The lowest BCUT2D eigenvalue weighted by molar-refractivity contribution is -0.125. The molecule has 140 valence electrons. The smallest absolute Gasteiger partial charge is 0.321 e. The van der Waals surface area contributed by atoms with Gasteiger partial charge in [-0.15, -0.1) is 11.3 Å². The number of rotatable bonds is 5. The van der Waals surface area contributed by atoms with Crippen molar-refractivity contribution < 1.29 is 9.59 Å². The molecule has 2 rings (SSSR count). The topological polar surface area (TPSA) is 64.7 Å². The summed E-state index contributed by atoms with van der Waals surface area (Å²) in [5.74, 6) is -0.242. The number of thiophene rings is 1. The Kier molecular flexibility index (Phi) is 6.98. The van der Waals surface area contributed by atoms with Crippen molar-refractivity contribution in [1.82, 2.24) is 20.4 Å². The molecule has 0 bridgehead atoms. The molecule has 6 nitrogen and oxygen atoms in total. The highest BCUT2D eigenvalue weighted by Gasteiger charge is 2.27. The molecule has 25 heavy (non-hydrogen) atoms. The summed E-state index contributed by atoms with van der Waals surface area (Å²) in [7, 11) is 0. The second-order valence-corrected chi connectivity index (χ2v) is 8.61. The number of piperazine rings is 1. The lowest BCUT2D eigenvalue weighted by Crippen LogP contribution is -2.56. The van der Waals surface area contributed by atoms with Crippen molar-refractivity contribution in [2.24, 2.45) is 0 Å². The van der Waals surface area contributed by atoms with Crippen LogP contribution in [0.4, 0.5) is 4.79 Å². The van der Waals surface area contributed by atoms with Crippen LogP contribution < -0.4 is 10.6 Å². The summed E-state index contributed by atoms with van der Waals surface area (Å²) in [5.41, 5.74) is -0.359. The van der Waals surface area contributed by atoms with E-state index in [1.54, 1.807) is 11.3 Å². The molecule has 3 amide bonds. The molecule has 1 aliphatic heterocycles. The van der Waals surface area contributed by atoms with Gasteiger partial charge in [-0.05, 0) is 45.6 Å². The first-order valence-corrected chi connectivity index (χ1v) is 9.74. The minimum Gasteiger partial charge on any atom is -0.333 e. The summed E-state index contributed by atoms with van der Waals surface area (Å²) in [6, 6.07) is 3.54. The number of hydrogen-bond acceptors (Lipinski definition) is 5. The van der Waals surface area contributed by atoms with Crippen LogP contribution in [0.3, 0.4) is 0 Å². The van der Waals surface area contributed by atoms with Crippen molar-refractivity contribution >= 4 is 23.3 Å². The number of nitrogens with one attached hydrogen (secondary N) is 2. The molecule has 1 atom stereocenters. The van der Waals surface area contributed by atoms with Gasteiger partial charge in [-0.1, -0.05) is 6.07 Å². The summed E-state index contributed by atoms with van der Waals surface area (Å²) < 4.78 is 0. The highest BCUT2D eigenvalue weighted by Crippen LogP contribution is 2.12. The molecule has 0 aromatic carbocycles. The minimum atomic E-state index is -0.432. The molecule has 1 aliphatic rings. The first-order chi connectivity index (χ1) is 11.7. The fourth-order valence-electron chi connectivity index (χ4n) is 2.85. The van der Waals surface area contributed by atoms with Gasteiger partial charge in [0.1, 0.15) is 0 Å². The monoisotopic (exact) mass is 366 g/mol. The van der Waals surface area contributed by atoms with Crippen LogP contribution in [0.5, 0.6) is 0 Å².